The van der Waals surface area contributed by atoms with Crippen LogP contribution < -0.4 is 0 Å². The predicted molar refractivity (Wildman–Crippen MR) is 45.2 cm³/mol. The van der Waals surface area contributed by atoms with Gasteiger partial charge in [-0.25, -0.2) is 0 Å². The maximum atomic E-state index is 9.13. The fourth-order valence-electron chi connectivity index (χ4n) is 1.45. The molecule has 5 heteroatoms. The van der Waals surface area contributed by atoms with Crippen LogP contribution in [0.25, 0.3) is 0 Å². The molecule has 0 radical (unpaired) electrons. The van der Waals surface area contributed by atoms with Crippen molar-refractivity contribution < 1.29 is 18.4 Å². The van der Waals surface area contributed by atoms with Crippen LogP contribution in [0.15, 0.2) is 0 Å². The largest absolute Gasteiger partial charge is 0.674 e. The molecule has 1 aliphatic carbocycles. The van der Waals surface area contributed by atoms with Crippen molar-refractivity contribution in [1.82, 2.24) is 0 Å². The summed E-state index contributed by atoms with van der Waals surface area (Å²) < 4.78 is 9.52. The Morgan fingerprint density at radius 1 is 1.17 bits per heavy atom. The van der Waals surface area contributed by atoms with E-state index in [-0.39, 0.29) is 6.10 Å². The van der Waals surface area contributed by atoms with E-state index >= 15 is 0 Å². The van der Waals surface area contributed by atoms with Crippen LogP contribution in [0.1, 0.15) is 32.1 Å². The summed E-state index contributed by atoms with van der Waals surface area (Å²) >= 11 is 0. The summed E-state index contributed by atoms with van der Waals surface area (Å²) in [6.45, 7) is 0. The fraction of sp³-hybridized carbons (Fsp3) is 1.00. The number of hydrogen-bond acceptors (Lipinski definition) is 4. The van der Waals surface area contributed by atoms with Gasteiger partial charge in [-0.3, -0.25) is 0 Å². The van der Waals surface area contributed by atoms with Crippen LogP contribution in [0.4, 0.5) is 0 Å². The van der Waals surface area contributed by atoms with Crippen molar-refractivity contribution in [1.29, 1.82) is 0 Å². The quantitative estimate of drug-likeness (QED) is 0.636. The van der Waals surface area contributed by atoms with Crippen LogP contribution >= 0.6 is 0 Å². The van der Waals surface area contributed by atoms with E-state index in [1.807, 2.05) is 0 Å². The average molecular weight is 192 g/mol. The Morgan fingerprint density at radius 3 is 2.25 bits per heavy atom. The van der Waals surface area contributed by atoms with Gasteiger partial charge in [0.25, 0.3) is 0 Å². The summed E-state index contributed by atoms with van der Waals surface area (Å²) in [5.41, 5.74) is 0. The van der Waals surface area contributed by atoms with E-state index in [9.17, 15) is 0 Å². The molecule has 0 saturated heterocycles. The maximum absolute atomic E-state index is 9.13. The van der Waals surface area contributed by atoms with Gasteiger partial charge in [-0.1, -0.05) is 19.3 Å². The second kappa shape index (κ2) is 4.34. The van der Waals surface area contributed by atoms with Crippen LogP contribution in [0.5, 0.6) is 0 Å². The van der Waals surface area contributed by atoms with E-state index in [1.165, 1.54) is 13.5 Å². The van der Waals surface area contributed by atoms with Gasteiger partial charge >= 0.3 is 9.05 Å². The molecule has 1 rings (SSSR count). The molecule has 0 aromatic carbocycles. The highest BCUT2D eigenvalue weighted by Gasteiger charge is 2.38. The standard InChI is InChI=1S/C7H16O4Si/c1-10-12(8,9)11-7-5-3-2-4-6-7/h7-9H,2-6H2,1H3. The normalized spacial score (nSPS) is 21.2. The lowest BCUT2D eigenvalue weighted by molar-refractivity contribution is -0.00522. The van der Waals surface area contributed by atoms with Gasteiger partial charge in [-0.15, -0.1) is 0 Å². The molecule has 0 atom stereocenters. The summed E-state index contributed by atoms with van der Waals surface area (Å²) in [6.07, 6.45) is 5.26. The SMILES string of the molecule is CO[Si](O)(O)OC1CCCCC1. The molecule has 1 saturated carbocycles. The highest BCUT2D eigenvalue weighted by Crippen LogP contribution is 2.21. The zero-order valence-corrected chi connectivity index (χ0v) is 8.32. The molecular formula is C7H16O4Si. The van der Waals surface area contributed by atoms with Crippen LogP contribution in [0.3, 0.4) is 0 Å². The van der Waals surface area contributed by atoms with Crippen molar-refractivity contribution >= 4 is 9.05 Å². The van der Waals surface area contributed by atoms with Crippen molar-refractivity contribution in [2.24, 2.45) is 0 Å². The third kappa shape index (κ3) is 3.20. The molecule has 0 aromatic heterocycles. The van der Waals surface area contributed by atoms with E-state index in [4.69, 9.17) is 14.0 Å². The third-order valence-corrected chi connectivity index (χ3v) is 3.31. The molecule has 72 valence electrons. The summed E-state index contributed by atoms with van der Waals surface area (Å²) in [4.78, 5) is 18.3. The lowest BCUT2D eigenvalue weighted by Gasteiger charge is -2.26. The number of rotatable bonds is 3. The van der Waals surface area contributed by atoms with Crippen molar-refractivity contribution in [3.05, 3.63) is 0 Å². The maximum Gasteiger partial charge on any atom is 0.674 e. The molecule has 0 unspecified atom stereocenters. The molecule has 12 heavy (non-hydrogen) atoms. The Morgan fingerprint density at radius 2 is 1.75 bits per heavy atom. The topological polar surface area (TPSA) is 58.9 Å². The van der Waals surface area contributed by atoms with E-state index < -0.39 is 9.05 Å². The fourth-order valence-corrected chi connectivity index (χ4v) is 2.21. The van der Waals surface area contributed by atoms with Crippen molar-refractivity contribution in [2.45, 2.75) is 38.2 Å². The smallest absolute Gasteiger partial charge is 0.367 e. The van der Waals surface area contributed by atoms with Crippen LogP contribution in [-0.4, -0.2) is 31.9 Å². The van der Waals surface area contributed by atoms with Gasteiger partial charge < -0.3 is 18.4 Å². The first kappa shape index (κ1) is 10.1. The van der Waals surface area contributed by atoms with Crippen LogP contribution in [0.2, 0.25) is 0 Å². The molecule has 0 spiro atoms. The Kier molecular flexibility index (Phi) is 3.67. The zero-order chi connectivity index (χ0) is 9.03. The molecule has 0 aromatic rings. The van der Waals surface area contributed by atoms with Crippen LogP contribution in [0, 0.1) is 0 Å². The summed E-state index contributed by atoms with van der Waals surface area (Å²) in [5.74, 6) is 0. The minimum atomic E-state index is -3.76. The first-order valence-electron chi connectivity index (χ1n) is 4.32. The monoisotopic (exact) mass is 192 g/mol. The summed E-state index contributed by atoms with van der Waals surface area (Å²) in [7, 11) is -2.51. The molecule has 0 amide bonds. The van der Waals surface area contributed by atoms with Crippen LogP contribution in [-0.2, 0) is 8.85 Å². The predicted octanol–water partition coefficient (Wildman–Crippen LogP) is 0.402. The third-order valence-electron chi connectivity index (χ3n) is 2.14. The molecule has 1 aliphatic rings. The first-order valence-corrected chi connectivity index (χ1v) is 6.03. The molecule has 0 aliphatic heterocycles. The minimum absolute atomic E-state index is 0.0135. The second-order valence-corrected chi connectivity index (χ2v) is 4.87. The average Bonchev–Trinajstić information content (AvgIpc) is 2.06. The lowest BCUT2D eigenvalue weighted by Crippen LogP contribution is -2.45. The molecule has 4 nitrogen and oxygen atoms in total. The van der Waals surface area contributed by atoms with Crippen molar-refractivity contribution in [3.63, 3.8) is 0 Å². The van der Waals surface area contributed by atoms with E-state index in [1.54, 1.807) is 0 Å². The summed E-state index contributed by atoms with van der Waals surface area (Å²) in [5, 5.41) is 0. The Balaban J connectivity index is 2.28. The number of hydrogen-bond donors (Lipinski definition) is 2. The van der Waals surface area contributed by atoms with Gasteiger partial charge in [0.15, 0.2) is 0 Å². The van der Waals surface area contributed by atoms with Crippen molar-refractivity contribution in [2.75, 3.05) is 7.11 Å². The van der Waals surface area contributed by atoms with E-state index in [0.717, 1.165) is 25.7 Å². The molecule has 1 fully saturated rings. The Bertz CT molecular complexity index is 133. The molecule has 0 bridgehead atoms. The van der Waals surface area contributed by atoms with Gasteiger partial charge in [0.2, 0.25) is 0 Å². The molecule has 2 N–H and O–H groups in total. The first-order chi connectivity index (χ1) is 5.64. The van der Waals surface area contributed by atoms with Crippen molar-refractivity contribution in [3.8, 4) is 0 Å². The molecular weight excluding hydrogens is 176 g/mol. The lowest BCUT2D eigenvalue weighted by atomic mass is 9.98. The van der Waals surface area contributed by atoms with Gasteiger partial charge in [0.1, 0.15) is 0 Å². The van der Waals surface area contributed by atoms with Gasteiger partial charge in [0.05, 0.1) is 6.10 Å². The van der Waals surface area contributed by atoms with E-state index in [2.05, 4.69) is 4.43 Å². The van der Waals surface area contributed by atoms with Gasteiger partial charge in [-0.05, 0) is 12.8 Å². The second-order valence-electron chi connectivity index (χ2n) is 3.13. The Labute approximate surface area is 73.6 Å². The Hall–Kier alpha value is 0.0569. The molecule has 0 heterocycles. The highest BCUT2D eigenvalue weighted by molar-refractivity contribution is 6.50. The van der Waals surface area contributed by atoms with E-state index in [0.29, 0.717) is 0 Å². The highest BCUT2D eigenvalue weighted by atomic mass is 28.4. The zero-order valence-electron chi connectivity index (χ0n) is 7.32. The minimum Gasteiger partial charge on any atom is -0.367 e. The van der Waals surface area contributed by atoms with Gasteiger partial charge in [-0.2, -0.15) is 0 Å². The van der Waals surface area contributed by atoms with Gasteiger partial charge in [0, 0.05) is 7.11 Å². The summed E-state index contributed by atoms with van der Waals surface area (Å²) in [6, 6.07) is 0.